The molecule has 0 unspecified atom stereocenters. The minimum atomic E-state index is 0.919. The summed E-state index contributed by atoms with van der Waals surface area (Å²) in [6.45, 7) is 0. The number of nitrogens with zero attached hydrogens (tertiary/aromatic N) is 3. The molecule has 3 heteroatoms. The Morgan fingerprint density at radius 3 is 1.51 bits per heavy atom. The lowest BCUT2D eigenvalue weighted by Crippen LogP contribution is -1.97. The van der Waals surface area contributed by atoms with Crippen LogP contribution < -0.4 is 0 Å². The van der Waals surface area contributed by atoms with Gasteiger partial charge in [0, 0.05) is 38.1 Å². The Balaban J connectivity index is 1.13. The monoisotopic (exact) mass is 745 g/mol. The number of hydrogen-bond acceptors (Lipinski definition) is 2. The summed E-state index contributed by atoms with van der Waals surface area (Å²) < 4.78 is 2.53. The largest absolute Gasteiger partial charge is 0.308 e. The first-order valence-electron chi connectivity index (χ1n) is 20.3. The van der Waals surface area contributed by atoms with Crippen molar-refractivity contribution < 1.29 is 0 Å². The number of hydrogen-bond donors (Lipinski definition) is 0. The maximum Gasteiger partial charge on any atom is 0.0979 e. The van der Waals surface area contributed by atoms with Gasteiger partial charge in [-0.1, -0.05) is 152 Å². The van der Waals surface area contributed by atoms with E-state index in [1.807, 2.05) is 12.1 Å². The lowest BCUT2D eigenvalue weighted by Gasteiger charge is -2.20. The highest BCUT2D eigenvalue weighted by Crippen LogP contribution is 2.59. The van der Waals surface area contributed by atoms with E-state index in [1.165, 1.54) is 98.6 Å². The molecule has 0 amide bonds. The van der Waals surface area contributed by atoms with Crippen molar-refractivity contribution in [3.63, 3.8) is 0 Å². The van der Waals surface area contributed by atoms with Crippen molar-refractivity contribution in [2.45, 2.75) is 0 Å². The second kappa shape index (κ2) is 11.4. The van der Waals surface area contributed by atoms with Crippen molar-refractivity contribution in [3.8, 4) is 72.7 Å². The summed E-state index contributed by atoms with van der Waals surface area (Å²) in [5.74, 6) is 0. The van der Waals surface area contributed by atoms with Crippen LogP contribution in [0.3, 0.4) is 0 Å². The molecule has 0 aliphatic heterocycles. The topological polar surface area (TPSA) is 30.7 Å². The molecular formula is C56H31N3. The van der Waals surface area contributed by atoms with Gasteiger partial charge in [0.1, 0.15) is 0 Å². The molecule has 3 nitrogen and oxygen atoms in total. The molecule has 14 rings (SSSR count). The summed E-state index contributed by atoms with van der Waals surface area (Å²) >= 11 is 0. The average Bonchev–Trinajstić information content (AvgIpc) is 3.92. The summed E-state index contributed by atoms with van der Waals surface area (Å²) in [5.41, 5.74) is 19.9. The van der Waals surface area contributed by atoms with E-state index < -0.39 is 0 Å². The van der Waals surface area contributed by atoms with Gasteiger partial charge in [-0.2, -0.15) is 0 Å². The second-order valence-electron chi connectivity index (χ2n) is 15.9. The highest BCUT2D eigenvalue weighted by atomic mass is 15.0. The zero-order chi connectivity index (χ0) is 38.3. The molecule has 2 heterocycles. The highest BCUT2D eigenvalue weighted by molar-refractivity contribution is 6.33. The van der Waals surface area contributed by atoms with Gasteiger partial charge in [-0.05, 0) is 97.1 Å². The van der Waals surface area contributed by atoms with Crippen LogP contribution in [0.4, 0.5) is 0 Å². The zero-order valence-electron chi connectivity index (χ0n) is 31.7. The highest BCUT2D eigenvalue weighted by Gasteiger charge is 2.33. The molecule has 12 aromatic rings. The minimum absolute atomic E-state index is 0.919. The SMILES string of the molecule is c1ccc(-c2c3c(c(-c4ccccc4)c4ccccc24)-c2cc4c5ccccc5n(-c5ccc6c7c(cccc57)-c5nc7ccccc7nc5-6)c4c4cccc-3c24)cc1. The smallest absolute Gasteiger partial charge is 0.0979 e. The Morgan fingerprint density at radius 2 is 0.831 bits per heavy atom. The third-order valence-electron chi connectivity index (χ3n) is 13.0. The van der Waals surface area contributed by atoms with Gasteiger partial charge in [0.05, 0.1) is 39.1 Å². The Morgan fingerprint density at radius 1 is 0.322 bits per heavy atom. The molecule has 2 aliphatic rings. The molecule has 0 saturated heterocycles. The minimum Gasteiger partial charge on any atom is -0.308 e. The number of benzene rings is 10. The van der Waals surface area contributed by atoms with E-state index in [0.29, 0.717) is 0 Å². The van der Waals surface area contributed by atoms with Crippen molar-refractivity contribution in [1.82, 2.24) is 14.5 Å². The maximum absolute atomic E-state index is 5.18. The Hall–Kier alpha value is -7.88. The average molecular weight is 746 g/mol. The van der Waals surface area contributed by atoms with Gasteiger partial charge in [0.25, 0.3) is 0 Å². The predicted molar refractivity (Wildman–Crippen MR) is 246 cm³/mol. The van der Waals surface area contributed by atoms with E-state index >= 15 is 0 Å². The van der Waals surface area contributed by atoms with Crippen LogP contribution in [0.2, 0.25) is 0 Å². The fraction of sp³-hybridized carbons (Fsp3) is 0. The molecule has 59 heavy (non-hydrogen) atoms. The van der Waals surface area contributed by atoms with Crippen LogP contribution in [-0.2, 0) is 0 Å². The maximum atomic E-state index is 5.18. The van der Waals surface area contributed by atoms with Gasteiger partial charge in [0.2, 0.25) is 0 Å². The fourth-order valence-corrected chi connectivity index (χ4v) is 10.7. The molecule has 0 spiro atoms. The number of para-hydroxylation sites is 3. The van der Waals surface area contributed by atoms with E-state index in [4.69, 9.17) is 9.97 Å². The second-order valence-corrected chi connectivity index (χ2v) is 15.9. The summed E-state index contributed by atoms with van der Waals surface area (Å²) in [5, 5.41) is 10.0. The van der Waals surface area contributed by atoms with Crippen molar-refractivity contribution in [2.24, 2.45) is 0 Å². The Bertz CT molecular complexity index is 3770. The normalized spacial score (nSPS) is 12.4. The van der Waals surface area contributed by atoms with Crippen LogP contribution in [0.5, 0.6) is 0 Å². The summed E-state index contributed by atoms with van der Waals surface area (Å²) in [6.07, 6.45) is 0. The van der Waals surface area contributed by atoms with Crippen LogP contribution in [0.15, 0.2) is 188 Å². The van der Waals surface area contributed by atoms with Crippen LogP contribution in [0.25, 0.3) is 138 Å². The van der Waals surface area contributed by atoms with E-state index in [-0.39, 0.29) is 0 Å². The van der Waals surface area contributed by atoms with Crippen molar-refractivity contribution in [1.29, 1.82) is 0 Å². The van der Waals surface area contributed by atoms with Gasteiger partial charge in [0.15, 0.2) is 0 Å². The summed E-state index contributed by atoms with van der Waals surface area (Å²) in [7, 11) is 0. The van der Waals surface area contributed by atoms with Gasteiger partial charge < -0.3 is 4.57 Å². The fourth-order valence-electron chi connectivity index (χ4n) is 10.7. The molecule has 2 aliphatic carbocycles. The van der Waals surface area contributed by atoms with Crippen molar-refractivity contribution >= 4 is 65.2 Å². The lowest BCUT2D eigenvalue weighted by molar-refractivity contribution is 1.20. The zero-order valence-corrected chi connectivity index (χ0v) is 31.7. The van der Waals surface area contributed by atoms with Gasteiger partial charge >= 0.3 is 0 Å². The van der Waals surface area contributed by atoms with Gasteiger partial charge in [-0.3, -0.25) is 0 Å². The first-order chi connectivity index (χ1) is 29.3. The van der Waals surface area contributed by atoms with E-state index in [0.717, 1.165) is 39.2 Å². The van der Waals surface area contributed by atoms with Crippen molar-refractivity contribution in [3.05, 3.63) is 188 Å². The Labute approximate surface area is 339 Å². The first kappa shape index (κ1) is 31.2. The molecule has 0 N–H and O–H groups in total. The molecule has 2 aromatic heterocycles. The molecule has 0 saturated carbocycles. The van der Waals surface area contributed by atoms with Crippen LogP contribution >= 0.6 is 0 Å². The molecule has 0 radical (unpaired) electrons. The number of fused-ring (bicyclic) bond motifs is 12. The molecule has 270 valence electrons. The quantitative estimate of drug-likeness (QED) is 0.180. The van der Waals surface area contributed by atoms with E-state index in [2.05, 4.69) is 180 Å². The number of rotatable bonds is 3. The summed E-state index contributed by atoms with van der Waals surface area (Å²) in [4.78, 5) is 10.4. The predicted octanol–water partition coefficient (Wildman–Crippen LogP) is 14.8. The lowest BCUT2D eigenvalue weighted by atomic mass is 9.82. The van der Waals surface area contributed by atoms with E-state index in [9.17, 15) is 0 Å². The molecule has 0 atom stereocenters. The molecule has 0 fully saturated rings. The first-order valence-corrected chi connectivity index (χ1v) is 20.3. The molecular weight excluding hydrogens is 715 g/mol. The Kier molecular flexibility index (Phi) is 6.02. The van der Waals surface area contributed by atoms with Crippen LogP contribution in [0, 0.1) is 0 Å². The van der Waals surface area contributed by atoms with Crippen LogP contribution in [0.1, 0.15) is 0 Å². The van der Waals surface area contributed by atoms with Crippen LogP contribution in [-0.4, -0.2) is 14.5 Å². The third-order valence-corrected chi connectivity index (χ3v) is 13.0. The standard InChI is InChI=1S/C56H31N3/c1-3-15-32(16-4-1)48-35-20-7-8-21-36(35)49(33-17-5-2-6-18-33)53-43-31-42-34-19-9-12-28-46(34)59(56(42)41-25-14-23-38(51(41)43)52(48)53)47-30-29-40-50-37(47)22-13-24-39(50)54-55(40)58-45-27-11-10-26-44(45)57-54/h1-31H. The van der Waals surface area contributed by atoms with E-state index in [1.54, 1.807) is 0 Å². The van der Waals surface area contributed by atoms with Gasteiger partial charge in [-0.25, -0.2) is 9.97 Å². The summed E-state index contributed by atoms with van der Waals surface area (Å²) in [6, 6.07) is 68.9. The van der Waals surface area contributed by atoms with Crippen molar-refractivity contribution in [2.75, 3.05) is 0 Å². The number of aromatic nitrogens is 3. The third kappa shape index (κ3) is 4.01. The van der Waals surface area contributed by atoms with Gasteiger partial charge in [-0.15, -0.1) is 0 Å². The molecule has 10 aromatic carbocycles. The molecule has 0 bridgehead atoms.